The number of carbonyl (C=O) groups excluding carboxylic acids is 1. The van der Waals surface area contributed by atoms with Gasteiger partial charge in [-0.1, -0.05) is 0 Å². The van der Waals surface area contributed by atoms with Crippen molar-refractivity contribution in [1.82, 2.24) is 14.7 Å². The second kappa shape index (κ2) is 5.33. The van der Waals surface area contributed by atoms with Crippen molar-refractivity contribution in [2.24, 2.45) is 0 Å². The third-order valence-corrected chi connectivity index (χ3v) is 3.69. The van der Waals surface area contributed by atoms with E-state index in [1.54, 1.807) is 0 Å². The minimum atomic E-state index is 0.0130. The van der Waals surface area contributed by atoms with Crippen molar-refractivity contribution in [2.75, 3.05) is 53.4 Å². The third kappa shape index (κ3) is 2.97. The van der Waals surface area contributed by atoms with Gasteiger partial charge in [0.15, 0.2) is 0 Å². The maximum atomic E-state index is 12.5. The van der Waals surface area contributed by atoms with E-state index in [0.29, 0.717) is 6.61 Å². The monoisotopic (exact) mass is 241 g/mol. The number of carbonyl (C=O) groups is 1. The van der Waals surface area contributed by atoms with Crippen LogP contribution in [0.2, 0.25) is 0 Å². The average molecular weight is 241 g/mol. The van der Waals surface area contributed by atoms with E-state index in [0.717, 1.165) is 32.7 Å². The molecule has 0 aliphatic carbocycles. The van der Waals surface area contributed by atoms with Crippen LogP contribution in [-0.2, 0) is 9.53 Å². The van der Waals surface area contributed by atoms with Gasteiger partial charge in [-0.15, -0.1) is 0 Å². The highest BCUT2D eigenvalue weighted by atomic mass is 16.5. The Hall–Kier alpha value is -0.650. The fourth-order valence-electron chi connectivity index (χ4n) is 2.51. The van der Waals surface area contributed by atoms with E-state index in [2.05, 4.69) is 16.8 Å². The van der Waals surface area contributed by atoms with Crippen molar-refractivity contribution in [3.8, 4) is 0 Å². The molecule has 0 saturated carbocycles. The molecule has 5 heteroatoms. The molecule has 98 valence electrons. The van der Waals surface area contributed by atoms with Gasteiger partial charge in [-0.3, -0.25) is 9.69 Å². The van der Waals surface area contributed by atoms with Crippen LogP contribution in [0.15, 0.2) is 0 Å². The van der Waals surface area contributed by atoms with Crippen molar-refractivity contribution in [2.45, 2.75) is 19.1 Å². The Labute approximate surface area is 103 Å². The molecule has 0 bridgehead atoms. The van der Waals surface area contributed by atoms with Gasteiger partial charge < -0.3 is 14.5 Å². The van der Waals surface area contributed by atoms with Crippen LogP contribution in [0.3, 0.4) is 0 Å². The molecule has 0 aromatic heterocycles. The van der Waals surface area contributed by atoms with Crippen LogP contribution in [0.25, 0.3) is 0 Å². The van der Waals surface area contributed by atoms with Crippen LogP contribution in [0, 0.1) is 0 Å². The first-order valence-electron chi connectivity index (χ1n) is 6.37. The number of nitrogens with zero attached hydrogens (tertiary/aromatic N) is 3. The van der Waals surface area contributed by atoms with Crippen LogP contribution in [0.4, 0.5) is 0 Å². The highest BCUT2D eigenvalue weighted by Crippen LogP contribution is 2.12. The SMILES string of the molecule is CC1CN(C(=O)C2CN(C)CCN2C)CCO1. The molecule has 0 aromatic rings. The molecular formula is C12H23N3O2. The lowest BCUT2D eigenvalue weighted by atomic mass is 10.1. The zero-order valence-electron chi connectivity index (χ0n) is 11.1. The van der Waals surface area contributed by atoms with Gasteiger partial charge in [-0.2, -0.15) is 0 Å². The number of morpholine rings is 1. The van der Waals surface area contributed by atoms with Gasteiger partial charge in [0.25, 0.3) is 0 Å². The van der Waals surface area contributed by atoms with E-state index >= 15 is 0 Å². The third-order valence-electron chi connectivity index (χ3n) is 3.69. The number of piperazine rings is 1. The van der Waals surface area contributed by atoms with Gasteiger partial charge in [0.05, 0.1) is 12.7 Å². The molecule has 2 unspecified atom stereocenters. The minimum absolute atomic E-state index is 0.0130. The molecule has 0 N–H and O–H groups in total. The first-order valence-corrected chi connectivity index (χ1v) is 6.37. The van der Waals surface area contributed by atoms with E-state index in [4.69, 9.17) is 4.74 Å². The first-order chi connectivity index (χ1) is 8.08. The smallest absolute Gasteiger partial charge is 0.241 e. The highest BCUT2D eigenvalue weighted by Gasteiger charge is 2.33. The van der Waals surface area contributed by atoms with E-state index in [1.807, 2.05) is 18.9 Å². The number of likely N-dealkylation sites (N-methyl/N-ethyl adjacent to an activating group) is 2. The molecule has 2 atom stereocenters. The molecular weight excluding hydrogens is 218 g/mol. The quantitative estimate of drug-likeness (QED) is 0.619. The van der Waals surface area contributed by atoms with Crippen LogP contribution in [-0.4, -0.2) is 86.2 Å². The van der Waals surface area contributed by atoms with Crippen molar-refractivity contribution < 1.29 is 9.53 Å². The summed E-state index contributed by atoms with van der Waals surface area (Å²) in [6.07, 6.45) is 0.166. The molecule has 0 spiro atoms. The summed E-state index contributed by atoms with van der Waals surface area (Å²) in [6, 6.07) is 0.0130. The zero-order chi connectivity index (χ0) is 12.4. The lowest BCUT2D eigenvalue weighted by molar-refractivity contribution is -0.145. The molecule has 2 aliphatic rings. The van der Waals surface area contributed by atoms with Crippen LogP contribution < -0.4 is 0 Å². The summed E-state index contributed by atoms with van der Waals surface area (Å²) in [5.41, 5.74) is 0. The Kier molecular flexibility index (Phi) is 4.01. The number of ether oxygens (including phenoxy) is 1. The predicted octanol–water partition coefficient (Wildman–Crippen LogP) is -0.520. The fourth-order valence-corrected chi connectivity index (χ4v) is 2.51. The zero-order valence-corrected chi connectivity index (χ0v) is 11.1. The molecule has 17 heavy (non-hydrogen) atoms. The Balaban J connectivity index is 1.97. The van der Waals surface area contributed by atoms with Gasteiger partial charge >= 0.3 is 0 Å². The van der Waals surface area contributed by atoms with E-state index in [1.165, 1.54) is 0 Å². The highest BCUT2D eigenvalue weighted by molar-refractivity contribution is 5.82. The van der Waals surface area contributed by atoms with Crippen LogP contribution in [0.5, 0.6) is 0 Å². The van der Waals surface area contributed by atoms with Crippen molar-refractivity contribution in [3.05, 3.63) is 0 Å². The molecule has 2 saturated heterocycles. The molecule has 2 fully saturated rings. The van der Waals surface area contributed by atoms with Crippen molar-refractivity contribution in [1.29, 1.82) is 0 Å². The summed E-state index contributed by atoms with van der Waals surface area (Å²) in [4.78, 5) is 18.8. The molecule has 2 aliphatic heterocycles. The molecule has 5 nitrogen and oxygen atoms in total. The fraction of sp³-hybridized carbons (Fsp3) is 0.917. The van der Waals surface area contributed by atoms with Crippen LogP contribution in [0.1, 0.15) is 6.92 Å². The summed E-state index contributed by atoms with van der Waals surface area (Å²) < 4.78 is 5.48. The second-order valence-corrected chi connectivity index (χ2v) is 5.22. The topological polar surface area (TPSA) is 36.0 Å². The molecule has 2 rings (SSSR count). The first kappa shape index (κ1) is 12.8. The molecule has 1 amide bonds. The van der Waals surface area contributed by atoms with Gasteiger partial charge in [0.2, 0.25) is 5.91 Å². The number of amides is 1. The lowest BCUT2D eigenvalue weighted by Crippen LogP contribution is -2.59. The summed E-state index contributed by atoms with van der Waals surface area (Å²) in [5.74, 6) is 0.259. The lowest BCUT2D eigenvalue weighted by Gasteiger charge is -2.40. The Bertz CT molecular complexity index is 285. The Morgan fingerprint density at radius 3 is 2.65 bits per heavy atom. The van der Waals surface area contributed by atoms with Gasteiger partial charge in [-0.25, -0.2) is 0 Å². The largest absolute Gasteiger partial charge is 0.375 e. The summed E-state index contributed by atoms with van der Waals surface area (Å²) in [5, 5.41) is 0. The summed E-state index contributed by atoms with van der Waals surface area (Å²) in [7, 11) is 4.12. The van der Waals surface area contributed by atoms with E-state index < -0.39 is 0 Å². The molecule has 0 aromatic carbocycles. The van der Waals surface area contributed by atoms with Gasteiger partial charge in [0, 0.05) is 32.7 Å². The van der Waals surface area contributed by atoms with Gasteiger partial charge in [-0.05, 0) is 21.0 Å². The minimum Gasteiger partial charge on any atom is -0.375 e. The standard InChI is InChI=1S/C12H23N3O2/c1-10-8-15(6-7-17-10)12(16)11-9-13(2)4-5-14(11)3/h10-11H,4-9H2,1-3H3. The van der Waals surface area contributed by atoms with E-state index in [-0.39, 0.29) is 18.1 Å². The normalized spacial score (nSPS) is 32.8. The number of rotatable bonds is 1. The van der Waals surface area contributed by atoms with Crippen LogP contribution >= 0.6 is 0 Å². The maximum Gasteiger partial charge on any atom is 0.241 e. The van der Waals surface area contributed by atoms with Gasteiger partial charge in [0.1, 0.15) is 6.04 Å². The van der Waals surface area contributed by atoms with Crippen molar-refractivity contribution in [3.63, 3.8) is 0 Å². The summed E-state index contributed by atoms with van der Waals surface area (Å²) in [6.45, 7) is 6.99. The number of hydrogen-bond acceptors (Lipinski definition) is 4. The second-order valence-electron chi connectivity index (χ2n) is 5.22. The molecule has 0 radical (unpaired) electrons. The number of hydrogen-bond donors (Lipinski definition) is 0. The Morgan fingerprint density at radius 1 is 1.18 bits per heavy atom. The van der Waals surface area contributed by atoms with Crippen molar-refractivity contribution >= 4 is 5.91 Å². The molecule has 2 heterocycles. The summed E-state index contributed by atoms with van der Waals surface area (Å²) >= 11 is 0. The Morgan fingerprint density at radius 2 is 1.94 bits per heavy atom. The van der Waals surface area contributed by atoms with E-state index in [9.17, 15) is 4.79 Å². The maximum absolute atomic E-state index is 12.5. The average Bonchev–Trinajstić information content (AvgIpc) is 2.31. The predicted molar refractivity (Wildman–Crippen MR) is 65.9 cm³/mol.